The van der Waals surface area contributed by atoms with Gasteiger partial charge < -0.3 is 25.2 Å². The second-order valence-electron chi connectivity index (χ2n) is 5.79. The lowest BCUT2D eigenvalue weighted by Gasteiger charge is -2.36. The molecule has 3 rings (SSSR count). The zero-order valence-electron chi connectivity index (χ0n) is 12.5. The van der Waals surface area contributed by atoms with Crippen LogP contribution in [-0.4, -0.2) is 66.3 Å². The van der Waals surface area contributed by atoms with Gasteiger partial charge in [-0.3, -0.25) is 4.99 Å². The molecule has 0 unspecified atom stereocenters. The fourth-order valence-electron chi connectivity index (χ4n) is 3.04. The number of hydrogen-bond donors (Lipinski definition) is 3. The van der Waals surface area contributed by atoms with Crippen molar-refractivity contribution in [2.45, 2.75) is 55.9 Å². The third-order valence-corrected chi connectivity index (χ3v) is 5.32. The Morgan fingerprint density at radius 3 is 3.00 bits per heavy atom. The number of aliphatic hydroxyl groups excluding tert-OH is 1. The summed E-state index contributed by atoms with van der Waals surface area (Å²) in [4.78, 5) is 4.37. The normalized spacial score (nSPS) is 39.2. The van der Waals surface area contributed by atoms with Crippen molar-refractivity contribution in [3.63, 3.8) is 0 Å². The quantitative estimate of drug-likeness (QED) is 0.693. The van der Waals surface area contributed by atoms with Gasteiger partial charge in [0, 0.05) is 38.8 Å². The fourth-order valence-corrected chi connectivity index (χ4v) is 4.27. The highest BCUT2D eigenvalue weighted by Crippen LogP contribution is 2.33. The van der Waals surface area contributed by atoms with Crippen LogP contribution in [0, 0.1) is 0 Å². The van der Waals surface area contributed by atoms with Gasteiger partial charge in [-0.1, -0.05) is 11.8 Å². The Bertz CT molecular complexity index is 376. The second kappa shape index (κ2) is 7.28. The predicted octanol–water partition coefficient (Wildman–Crippen LogP) is 0.312. The molecule has 0 aromatic rings. The summed E-state index contributed by atoms with van der Waals surface area (Å²) >= 11 is 1.60. The van der Waals surface area contributed by atoms with Crippen molar-refractivity contribution >= 4 is 16.9 Å². The standard InChI is InChI=1S/C14H25N3O3S/c1-2-15-14-17-12-11(18)7-10(20-13(12)21-14)8-16-9-3-5-19-6-4-9/h9-13,16,18H,2-8H2,1H3,(H,15,17)/t10-,11-,12+,13+/m0/s1. The monoisotopic (exact) mass is 315 g/mol. The number of nitrogens with zero attached hydrogens (tertiary/aromatic N) is 1. The van der Waals surface area contributed by atoms with Crippen molar-refractivity contribution in [2.75, 3.05) is 26.3 Å². The minimum atomic E-state index is -0.373. The number of nitrogens with one attached hydrogen (secondary N) is 2. The van der Waals surface area contributed by atoms with Crippen LogP contribution in [0.1, 0.15) is 26.2 Å². The van der Waals surface area contributed by atoms with Crippen LogP contribution in [0.2, 0.25) is 0 Å². The average molecular weight is 315 g/mol. The summed E-state index contributed by atoms with van der Waals surface area (Å²) in [7, 11) is 0. The molecular formula is C14H25N3O3S. The predicted molar refractivity (Wildman–Crippen MR) is 83.6 cm³/mol. The zero-order valence-corrected chi connectivity index (χ0v) is 13.3. The molecular weight excluding hydrogens is 290 g/mol. The van der Waals surface area contributed by atoms with Crippen LogP contribution in [-0.2, 0) is 9.47 Å². The molecule has 3 saturated heterocycles. The number of thioether (sulfide) groups is 1. The van der Waals surface area contributed by atoms with E-state index < -0.39 is 0 Å². The van der Waals surface area contributed by atoms with Crippen LogP contribution in [0.4, 0.5) is 0 Å². The molecule has 21 heavy (non-hydrogen) atoms. The molecule has 7 heteroatoms. The Labute approximate surface area is 130 Å². The summed E-state index contributed by atoms with van der Waals surface area (Å²) in [5.74, 6) is 0. The van der Waals surface area contributed by atoms with E-state index in [0.29, 0.717) is 12.5 Å². The third-order valence-electron chi connectivity index (χ3n) is 4.21. The van der Waals surface area contributed by atoms with Gasteiger partial charge in [0.25, 0.3) is 0 Å². The summed E-state index contributed by atoms with van der Waals surface area (Å²) in [5.41, 5.74) is -0.0273. The van der Waals surface area contributed by atoms with Crippen molar-refractivity contribution < 1.29 is 14.6 Å². The maximum Gasteiger partial charge on any atom is 0.159 e. The minimum Gasteiger partial charge on any atom is -0.391 e. The molecule has 0 aromatic carbocycles. The molecule has 0 amide bonds. The van der Waals surface area contributed by atoms with E-state index in [1.54, 1.807) is 11.8 Å². The molecule has 120 valence electrons. The van der Waals surface area contributed by atoms with Crippen molar-refractivity contribution in [3.05, 3.63) is 0 Å². The van der Waals surface area contributed by atoms with Crippen molar-refractivity contribution in [2.24, 2.45) is 4.99 Å². The van der Waals surface area contributed by atoms with E-state index in [2.05, 4.69) is 15.6 Å². The molecule has 3 fully saturated rings. The van der Waals surface area contributed by atoms with Gasteiger partial charge in [-0.15, -0.1) is 0 Å². The van der Waals surface area contributed by atoms with Crippen molar-refractivity contribution in [3.8, 4) is 0 Å². The largest absolute Gasteiger partial charge is 0.391 e. The van der Waals surface area contributed by atoms with Gasteiger partial charge in [-0.25, -0.2) is 0 Å². The van der Waals surface area contributed by atoms with Crippen LogP contribution < -0.4 is 10.6 Å². The molecule has 0 bridgehead atoms. The molecule has 3 N–H and O–H groups in total. The molecule has 6 nitrogen and oxygen atoms in total. The Hall–Kier alpha value is -0.340. The molecule has 0 aliphatic carbocycles. The Morgan fingerprint density at radius 2 is 2.24 bits per heavy atom. The third kappa shape index (κ3) is 3.90. The summed E-state index contributed by atoms with van der Waals surface area (Å²) in [6.07, 6.45) is 2.49. The van der Waals surface area contributed by atoms with Gasteiger partial charge in [-0.2, -0.15) is 0 Å². The van der Waals surface area contributed by atoms with Gasteiger partial charge in [-0.05, 0) is 19.8 Å². The van der Waals surface area contributed by atoms with Gasteiger partial charge in [0.05, 0.1) is 18.2 Å². The van der Waals surface area contributed by atoms with Crippen LogP contribution in [0.5, 0.6) is 0 Å². The van der Waals surface area contributed by atoms with Crippen LogP contribution in [0.25, 0.3) is 0 Å². The molecule has 3 aliphatic rings. The molecule has 0 radical (unpaired) electrons. The number of aliphatic imine (C=N–C) groups is 1. The van der Waals surface area contributed by atoms with E-state index in [9.17, 15) is 5.11 Å². The van der Waals surface area contributed by atoms with Crippen molar-refractivity contribution in [1.82, 2.24) is 10.6 Å². The first-order valence-electron chi connectivity index (χ1n) is 7.88. The number of fused-ring (bicyclic) bond motifs is 1. The first kappa shape index (κ1) is 15.6. The second-order valence-corrected chi connectivity index (χ2v) is 6.88. The summed E-state index contributed by atoms with van der Waals surface area (Å²) in [6, 6.07) is 0.489. The Balaban J connectivity index is 1.49. The first-order chi connectivity index (χ1) is 10.3. The lowest BCUT2D eigenvalue weighted by atomic mass is 10.0. The van der Waals surface area contributed by atoms with E-state index in [4.69, 9.17) is 9.47 Å². The number of aliphatic hydroxyl groups is 1. The highest BCUT2D eigenvalue weighted by Gasteiger charge is 2.43. The summed E-state index contributed by atoms with van der Waals surface area (Å²) in [6.45, 7) is 5.24. The first-order valence-corrected chi connectivity index (χ1v) is 8.76. The van der Waals surface area contributed by atoms with Crippen LogP contribution in [0.15, 0.2) is 4.99 Å². The summed E-state index contributed by atoms with van der Waals surface area (Å²) in [5, 5.41) is 18.0. The highest BCUT2D eigenvalue weighted by atomic mass is 32.2. The molecule has 3 aliphatic heterocycles. The van der Waals surface area contributed by atoms with Gasteiger partial charge in [0.2, 0.25) is 0 Å². The molecule has 0 saturated carbocycles. The zero-order chi connectivity index (χ0) is 14.7. The van der Waals surface area contributed by atoms with E-state index >= 15 is 0 Å². The number of amidine groups is 1. The lowest BCUT2D eigenvalue weighted by Crippen LogP contribution is -2.53. The van der Waals surface area contributed by atoms with E-state index in [1.165, 1.54) is 0 Å². The maximum atomic E-state index is 10.3. The highest BCUT2D eigenvalue weighted by molar-refractivity contribution is 8.14. The van der Waals surface area contributed by atoms with Gasteiger partial charge in [0.1, 0.15) is 5.44 Å². The number of hydrogen-bond acceptors (Lipinski definition) is 6. The SMILES string of the molecule is CCN=C1N[C@H]2[C@H](O[C@H](CNC3CCOCC3)C[C@@H]2O)S1. The number of ether oxygens (including phenoxy) is 2. The topological polar surface area (TPSA) is 75.1 Å². The molecule has 4 atom stereocenters. The Kier molecular flexibility index (Phi) is 5.39. The molecule has 3 heterocycles. The maximum absolute atomic E-state index is 10.3. The number of rotatable bonds is 4. The average Bonchev–Trinajstić information content (AvgIpc) is 2.90. The minimum absolute atomic E-state index is 0.0273. The molecule has 0 spiro atoms. The summed E-state index contributed by atoms with van der Waals surface area (Å²) < 4.78 is 11.5. The Morgan fingerprint density at radius 1 is 1.43 bits per heavy atom. The lowest BCUT2D eigenvalue weighted by molar-refractivity contribution is -0.0743. The van der Waals surface area contributed by atoms with Gasteiger partial charge >= 0.3 is 0 Å². The molecule has 0 aromatic heterocycles. The fraction of sp³-hybridized carbons (Fsp3) is 0.929. The van der Waals surface area contributed by atoms with Crippen LogP contribution in [0.3, 0.4) is 0 Å². The smallest absolute Gasteiger partial charge is 0.159 e. The van der Waals surface area contributed by atoms with E-state index in [-0.39, 0.29) is 23.7 Å². The van der Waals surface area contributed by atoms with Crippen molar-refractivity contribution in [1.29, 1.82) is 0 Å². The van der Waals surface area contributed by atoms with E-state index in [1.807, 2.05) is 6.92 Å². The van der Waals surface area contributed by atoms with E-state index in [0.717, 1.165) is 44.3 Å². The van der Waals surface area contributed by atoms with Crippen LogP contribution >= 0.6 is 11.8 Å². The van der Waals surface area contributed by atoms with Gasteiger partial charge in [0.15, 0.2) is 5.17 Å².